The molecule has 0 radical (unpaired) electrons. The lowest BCUT2D eigenvalue weighted by Gasteiger charge is -2.14. The predicted molar refractivity (Wildman–Crippen MR) is 78.0 cm³/mol. The number of benzene rings is 2. The first kappa shape index (κ1) is 13.1. The molecule has 3 heteroatoms. The van der Waals surface area contributed by atoms with Gasteiger partial charge in [0.25, 0.3) is 0 Å². The third-order valence-electron chi connectivity index (χ3n) is 2.72. The number of ether oxygens (including phenoxy) is 1. The van der Waals surface area contributed by atoms with Gasteiger partial charge < -0.3 is 10.5 Å². The summed E-state index contributed by atoms with van der Waals surface area (Å²) >= 11 is 3.51. The molecule has 0 heterocycles. The summed E-state index contributed by atoms with van der Waals surface area (Å²) in [6.45, 7) is 4.00. The van der Waals surface area contributed by atoms with E-state index in [0.29, 0.717) is 0 Å². The number of hydrogen-bond acceptors (Lipinski definition) is 2. The molecule has 0 aliphatic heterocycles. The average molecular weight is 306 g/mol. The molecule has 0 aromatic heterocycles. The molecule has 2 nitrogen and oxygen atoms in total. The molecule has 0 aliphatic rings. The Bertz CT molecular complexity index is 552. The lowest BCUT2D eigenvalue weighted by molar-refractivity contribution is 0.469. The maximum Gasteiger partial charge on any atom is 0.141 e. The fourth-order valence-corrected chi connectivity index (χ4v) is 2.33. The van der Waals surface area contributed by atoms with Crippen LogP contribution in [-0.4, -0.2) is 0 Å². The summed E-state index contributed by atoms with van der Waals surface area (Å²) in [4.78, 5) is 0. The van der Waals surface area contributed by atoms with Crippen LogP contribution in [0.25, 0.3) is 0 Å². The number of rotatable bonds is 3. The van der Waals surface area contributed by atoms with Gasteiger partial charge in [0.05, 0.1) is 4.47 Å². The van der Waals surface area contributed by atoms with Crippen LogP contribution in [0, 0.1) is 6.92 Å². The molecule has 0 bridgehead atoms. The first-order valence-corrected chi connectivity index (χ1v) is 6.65. The first-order valence-electron chi connectivity index (χ1n) is 5.86. The zero-order chi connectivity index (χ0) is 13.1. The third kappa shape index (κ3) is 2.92. The van der Waals surface area contributed by atoms with Crippen LogP contribution in [0.1, 0.15) is 24.1 Å². The monoisotopic (exact) mass is 305 g/mol. The SMILES string of the molecule is Cc1ccc(Oc2ccccc2[C@H](C)N)c(Br)c1. The van der Waals surface area contributed by atoms with Gasteiger partial charge in [0.1, 0.15) is 11.5 Å². The number of para-hydroxylation sites is 1. The van der Waals surface area contributed by atoms with Crippen LogP contribution in [-0.2, 0) is 0 Å². The standard InChI is InChI=1S/C15H16BrNO/c1-10-7-8-15(13(16)9-10)18-14-6-4-3-5-12(14)11(2)17/h3-9,11H,17H2,1-2H3/t11-/m0/s1. The molecule has 94 valence electrons. The van der Waals surface area contributed by atoms with E-state index < -0.39 is 0 Å². The van der Waals surface area contributed by atoms with Gasteiger partial charge in [-0.3, -0.25) is 0 Å². The minimum Gasteiger partial charge on any atom is -0.456 e. The third-order valence-corrected chi connectivity index (χ3v) is 3.34. The molecule has 2 aromatic carbocycles. The Balaban J connectivity index is 2.34. The second kappa shape index (κ2) is 5.55. The van der Waals surface area contributed by atoms with Gasteiger partial charge in [0.15, 0.2) is 0 Å². The summed E-state index contributed by atoms with van der Waals surface area (Å²) in [5, 5.41) is 0. The minimum atomic E-state index is -0.0505. The lowest BCUT2D eigenvalue weighted by atomic mass is 10.1. The highest BCUT2D eigenvalue weighted by Gasteiger charge is 2.09. The van der Waals surface area contributed by atoms with Gasteiger partial charge in [-0.15, -0.1) is 0 Å². The molecular weight excluding hydrogens is 290 g/mol. The van der Waals surface area contributed by atoms with E-state index in [4.69, 9.17) is 10.5 Å². The van der Waals surface area contributed by atoms with Gasteiger partial charge in [-0.05, 0) is 53.5 Å². The van der Waals surface area contributed by atoms with E-state index in [-0.39, 0.29) is 6.04 Å². The second-order valence-electron chi connectivity index (χ2n) is 4.36. The van der Waals surface area contributed by atoms with Crippen molar-refractivity contribution < 1.29 is 4.74 Å². The number of nitrogens with two attached hydrogens (primary N) is 1. The van der Waals surface area contributed by atoms with Gasteiger partial charge in [0, 0.05) is 11.6 Å². The summed E-state index contributed by atoms with van der Waals surface area (Å²) < 4.78 is 6.88. The van der Waals surface area contributed by atoms with Crippen molar-refractivity contribution in [2.24, 2.45) is 5.73 Å². The molecule has 0 unspecified atom stereocenters. The van der Waals surface area contributed by atoms with Gasteiger partial charge in [0.2, 0.25) is 0 Å². The summed E-state index contributed by atoms with van der Waals surface area (Å²) in [6.07, 6.45) is 0. The summed E-state index contributed by atoms with van der Waals surface area (Å²) in [5.41, 5.74) is 8.13. The highest BCUT2D eigenvalue weighted by molar-refractivity contribution is 9.10. The van der Waals surface area contributed by atoms with Gasteiger partial charge in [-0.2, -0.15) is 0 Å². The van der Waals surface area contributed by atoms with Crippen LogP contribution in [0.15, 0.2) is 46.9 Å². The first-order chi connectivity index (χ1) is 8.58. The summed E-state index contributed by atoms with van der Waals surface area (Å²) in [5.74, 6) is 1.60. The quantitative estimate of drug-likeness (QED) is 0.901. The Kier molecular flexibility index (Phi) is 4.04. The Morgan fingerprint density at radius 1 is 1.11 bits per heavy atom. The predicted octanol–water partition coefficient (Wildman–Crippen LogP) is 4.57. The van der Waals surface area contributed by atoms with Gasteiger partial charge >= 0.3 is 0 Å². The Hall–Kier alpha value is -1.32. The Morgan fingerprint density at radius 3 is 2.50 bits per heavy atom. The molecule has 0 saturated carbocycles. The lowest BCUT2D eigenvalue weighted by Crippen LogP contribution is -2.06. The zero-order valence-electron chi connectivity index (χ0n) is 10.5. The van der Waals surface area contributed by atoms with Crippen molar-refractivity contribution in [3.05, 3.63) is 58.1 Å². The van der Waals surface area contributed by atoms with Crippen molar-refractivity contribution in [3.63, 3.8) is 0 Å². The minimum absolute atomic E-state index is 0.0505. The van der Waals surface area contributed by atoms with E-state index >= 15 is 0 Å². The van der Waals surface area contributed by atoms with Crippen molar-refractivity contribution in [1.82, 2.24) is 0 Å². The fraction of sp³-hybridized carbons (Fsp3) is 0.200. The van der Waals surface area contributed by atoms with E-state index in [1.807, 2.05) is 56.3 Å². The fourth-order valence-electron chi connectivity index (χ4n) is 1.76. The van der Waals surface area contributed by atoms with Crippen molar-refractivity contribution in [3.8, 4) is 11.5 Å². The summed E-state index contributed by atoms with van der Waals surface area (Å²) in [6, 6.07) is 13.8. The van der Waals surface area contributed by atoms with Crippen molar-refractivity contribution in [2.75, 3.05) is 0 Å². The largest absolute Gasteiger partial charge is 0.456 e. The van der Waals surface area contributed by atoms with E-state index in [9.17, 15) is 0 Å². The van der Waals surface area contributed by atoms with Crippen LogP contribution in [0.3, 0.4) is 0 Å². The van der Waals surface area contributed by atoms with Gasteiger partial charge in [-0.1, -0.05) is 24.3 Å². The topological polar surface area (TPSA) is 35.2 Å². The second-order valence-corrected chi connectivity index (χ2v) is 5.22. The molecule has 1 atom stereocenters. The van der Waals surface area contributed by atoms with E-state index in [0.717, 1.165) is 21.5 Å². The molecule has 2 aromatic rings. The smallest absolute Gasteiger partial charge is 0.141 e. The van der Waals surface area contributed by atoms with Crippen molar-refractivity contribution >= 4 is 15.9 Å². The van der Waals surface area contributed by atoms with Gasteiger partial charge in [-0.25, -0.2) is 0 Å². The molecule has 18 heavy (non-hydrogen) atoms. The molecule has 0 amide bonds. The van der Waals surface area contributed by atoms with Crippen LogP contribution < -0.4 is 10.5 Å². The molecule has 0 fully saturated rings. The molecule has 0 saturated heterocycles. The van der Waals surface area contributed by atoms with Crippen LogP contribution in [0.4, 0.5) is 0 Å². The molecule has 2 rings (SSSR count). The average Bonchev–Trinajstić information content (AvgIpc) is 2.33. The Labute approximate surface area is 116 Å². The maximum absolute atomic E-state index is 5.94. The Morgan fingerprint density at radius 2 is 1.83 bits per heavy atom. The number of aryl methyl sites for hydroxylation is 1. The molecular formula is C15H16BrNO. The van der Waals surface area contributed by atoms with E-state index in [2.05, 4.69) is 15.9 Å². The maximum atomic E-state index is 5.94. The highest BCUT2D eigenvalue weighted by atomic mass is 79.9. The van der Waals surface area contributed by atoms with Crippen LogP contribution in [0.5, 0.6) is 11.5 Å². The van der Waals surface area contributed by atoms with E-state index in [1.54, 1.807) is 0 Å². The molecule has 2 N–H and O–H groups in total. The van der Waals surface area contributed by atoms with E-state index in [1.165, 1.54) is 5.56 Å². The molecule has 0 spiro atoms. The summed E-state index contributed by atoms with van der Waals surface area (Å²) in [7, 11) is 0. The highest BCUT2D eigenvalue weighted by Crippen LogP contribution is 2.33. The van der Waals surface area contributed by atoms with Crippen LogP contribution in [0.2, 0.25) is 0 Å². The number of halogens is 1. The van der Waals surface area contributed by atoms with Crippen molar-refractivity contribution in [1.29, 1.82) is 0 Å². The number of hydrogen-bond donors (Lipinski definition) is 1. The normalized spacial score (nSPS) is 12.2. The van der Waals surface area contributed by atoms with Crippen molar-refractivity contribution in [2.45, 2.75) is 19.9 Å². The zero-order valence-corrected chi connectivity index (χ0v) is 12.1. The van der Waals surface area contributed by atoms with Crippen LogP contribution >= 0.6 is 15.9 Å². The molecule has 0 aliphatic carbocycles.